The van der Waals surface area contributed by atoms with Crippen molar-refractivity contribution in [1.29, 1.82) is 0 Å². The number of ether oxygens (including phenoxy) is 2. The van der Waals surface area contributed by atoms with E-state index in [2.05, 4.69) is 9.88 Å². The molecule has 8 heteroatoms. The minimum atomic E-state index is -0.401. The van der Waals surface area contributed by atoms with Crippen LogP contribution in [-0.2, 0) is 0 Å². The lowest BCUT2D eigenvalue weighted by atomic mass is 10.0. The zero-order valence-electron chi connectivity index (χ0n) is 19.6. The van der Waals surface area contributed by atoms with E-state index in [4.69, 9.17) is 18.9 Å². The summed E-state index contributed by atoms with van der Waals surface area (Å²) in [6.45, 7) is 0. The number of anilines is 1. The maximum Gasteiger partial charge on any atom is 0.291 e. The van der Waals surface area contributed by atoms with Crippen LogP contribution in [0.3, 0.4) is 0 Å². The van der Waals surface area contributed by atoms with Gasteiger partial charge in [0, 0.05) is 23.7 Å². The molecule has 1 aliphatic carbocycles. The van der Waals surface area contributed by atoms with E-state index >= 15 is 0 Å². The van der Waals surface area contributed by atoms with Crippen molar-refractivity contribution < 1.29 is 23.1 Å². The molecule has 5 rings (SSSR count). The molecular formula is C27H26FN3O4. The maximum absolute atomic E-state index is 13.7. The normalized spacial score (nSPS) is 13.7. The van der Waals surface area contributed by atoms with Crippen molar-refractivity contribution in [2.75, 3.05) is 19.5 Å². The monoisotopic (exact) mass is 475 g/mol. The molecule has 1 amide bonds. The maximum atomic E-state index is 13.7. The molecule has 0 atom stereocenters. The summed E-state index contributed by atoms with van der Waals surface area (Å²) in [5, 5.41) is 2.96. The summed E-state index contributed by atoms with van der Waals surface area (Å²) in [5.41, 5.74) is 3.38. The summed E-state index contributed by atoms with van der Waals surface area (Å²) >= 11 is 0. The number of aromatic nitrogens is 2. The van der Waals surface area contributed by atoms with Gasteiger partial charge in [-0.25, -0.2) is 9.37 Å². The average molecular weight is 476 g/mol. The predicted molar refractivity (Wildman–Crippen MR) is 130 cm³/mol. The highest BCUT2D eigenvalue weighted by atomic mass is 19.1. The number of amides is 1. The third-order valence-corrected chi connectivity index (χ3v) is 6.39. The van der Waals surface area contributed by atoms with Crippen LogP contribution in [0.25, 0.3) is 22.5 Å². The number of carbonyl (C=O) groups excluding carboxylic acids is 1. The lowest BCUT2D eigenvalue weighted by Gasteiger charge is -2.21. The Morgan fingerprint density at radius 2 is 1.89 bits per heavy atom. The van der Waals surface area contributed by atoms with Gasteiger partial charge in [-0.3, -0.25) is 4.79 Å². The number of hydrogen-bond acceptors (Lipinski definition) is 5. The molecule has 1 aliphatic rings. The van der Waals surface area contributed by atoms with Crippen LogP contribution >= 0.6 is 0 Å². The summed E-state index contributed by atoms with van der Waals surface area (Å²) < 4.78 is 32.4. The molecule has 2 aromatic carbocycles. The zero-order chi connectivity index (χ0) is 24.4. The van der Waals surface area contributed by atoms with E-state index in [1.54, 1.807) is 50.6 Å². The number of rotatable bonds is 7. The van der Waals surface area contributed by atoms with Gasteiger partial charge in [-0.2, -0.15) is 0 Å². The first-order valence-electron chi connectivity index (χ1n) is 11.5. The highest BCUT2D eigenvalue weighted by Gasteiger charge is 2.28. The topological polar surface area (TPSA) is 78.5 Å². The van der Waals surface area contributed by atoms with Crippen molar-refractivity contribution in [1.82, 2.24) is 9.55 Å². The second-order valence-corrected chi connectivity index (χ2v) is 8.48. The molecule has 1 N–H and O–H groups in total. The number of halogens is 1. The van der Waals surface area contributed by atoms with Gasteiger partial charge in [-0.15, -0.1) is 0 Å². The van der Waals surface area contributed by atoms with E-state index in [0.717, 1.165) is 36.9 Å². The van der Waals surface area contributed by atoms with Crippen LogP contribution < -0.4 is 14.8 Å². The van der Waals surface area contributed by atoms with Crippen LogP contribution in [0.15, 0.2) is 65.5 Å². The first-order valence-corrected chi connectivity index (χ1v) is 11.5. The molecule has 35 heavy (non-hydrogen) atoms. The summed E-state index contributed by atoms with van der Waals surface area (Å²) in [5.74, 6) is 0.499. The van der Waals surface area contributed by atoms with E-state index in [1.807, 2.05) is 6.33 Å². The van der Waals surface area contributed by atoms with Gasteiger partial charge in [0.15, 0.2) is 5.76 Å². The number of benzene rings is 2. The van der Waals surface area contributed by atoms with E-state index in [1.165, 1.54) is 18.4 Å². The molecule has 0 bridgehead atoms. The fraction of sp³-hybridized carbons (Fsp3) is 0.259. The highest BCUT2D eigenvalue weighted by molar-refractivity contribution is 6.06. The van der Waals surface area contributed by atoms with Crippen LogP contribution in [0, 0.1) is 5.82 Å². The van der Waals surface area contributed by atoms with E-state index in [-0.39, 0.29) is 17.6 Å². The van der Waals surface area contributed by atoms with Crippen molar-refractivity contribution in [2.45, 2.75) is 31.7 Å². The molecule has 0 aliphatic heterocycles. The number of nitrogens with zero attached hydrogens (tertiary/aromatic N) is 2. The third-order valence-electron chi connectivity index (χ3n) is 6.39. The number of hydrogen-bond donors (Lipinski definition) is 1. The van der Waals surface area contributed by atoms with Crippen LogP contribution in [0.4, 0.5) is 10.1 Å². The lowest BCUT2D eigenvalue weighted by Crippen LogP contribution is -2.14. The lowest BCUT2D eigenvalue weighted by molar-refractivity contribution is 0.0996. The number of nitrogens with one attached hydrogen (secondary N) is 1. The predicted octanol–water partition coefficient (Wildman–Crippen LogP) is 6.33. The Bertz CT molecular complexity index is 1320. The number of imidazole rings is 1. The van der Waals surface area contributed by atoms with E-state index in [9.17, 15) is 9.18 Å². The third kappa shape index (κ3) is 4.39. The van der Waals surface area contributed by atoms with Gasteiger partial charge < -0.3 is 23.8 Å². The number of methoxy groups -OCH3 is 2. The van der Waals surface area contributed by atoms with Gasteiger partial charge in [-0.1, -0.05) is 12.8 Å². The minimum absolute atomic E-state index is 0.181. The van der Waals surface area contributed by atoms with Crippen molar-refractivity contribution in [3.8, 4) is 34.0 Å². The smallest absolute Gasteiger partial charge is 0.291 e. The molecule has 0 radical (unpaired) electrons. The van der Waals surface area contributed by atoms with Gasteiger partial charge in [0.05, 0.1) is 49.4 Å². The van der Waals surface area contributed by atoms with Gasteiger partial charge >= 0.3 is 0 Å². The van der Waals surface area contributed by atoms with Gasteiger partial charge in [0.2, 0.25) is 0 Å². The summed E-state index contributed by atoms with van der Waals surface area (Å²) in [4.78, 5) is 17.7. The van der Waals surface area contributed by atoms with Crippen molar-refractivity contribution in [3.05, 3.63) is 72.7 Å². The average Bonchev–Trinajstić information content (AvgIpc) is 3.65. The Labute approximate surface area is 202 Å². The Morgan fingerprint density at radius 3 is 2.54 bits per heavy atom. The SMILES string of the molecule is COc1cc(NC(=O)c2ccco2)c(-c2c(-c3ccc(F)cc3)ncn2C2CCCC2)c(OC)c1. The van der Waals surface area contributed by atoms with Crippen molar-refractivity contribution in [3.63, 3.8) is 0 Å². The quantitative estimate of drug-likeness (QED) is 0.338. The molecule has 4 aromatic rings. The molecule has 0 unspecified atom stereocenters. The molecule has 1 fully saturated rings. The Hall–Kier alpha value is -4.07. The molecule has 0 spiro atoms. The van der Waals surface area contributed by atoms with E-state index < -0.39 is 5.91 Å². The van der Waals surface area contributed by atoms with Gasteiger partial charge in [0.1, 0.15) is 17.3 Å². The molecule has 1 saturated carbocycles. The summed E-state index contributed by atoms with van der Waals surface area (Å²) in [7, 11) is 3.13. The molecular weight excluding hydrogens is 449 g/mol. The molecule has 2 heterocycles. The number of carbonyl (C=O) groups is 1. The Balaban J connectivity index is 1.73. The van der Waals surface area contributed by atoms with Crippen LogP contribution in [0.5, 0.6) is 11.5 Å². The Kier molecular flexibility index (Phi) is 6.27. The van der Waals surface area contributed by atoms with Crippen molar-refractivity contribution in [2.24, 2.45) is 0 Å². The summed E-state index contributed by atoms with van der Waals surface area (Å²) in [6.07, 6.45) is 7.60. The molecule has 2 aromatic heterocycles. The molecule has 180 valence electrons. The second-order valence-electron chi connectivity index (χ2n) is 8.48. The zero-order valence-corrected chi connectivity index (χ0v) is 19.6. The fourth-order valence-electron chi connectivity index (χ4n) is 4.69. The second kappa shape index (κ2) is 9.66. The van der Waals surface area contributed by atoms with Crippen LogP contribution in [0.1, 0.15) is 42.3 Å². The largest absolute Gasteiger partial charge is 0.497 e. The first-order chi connectivity index (χ1) is 17.1. The van der Waals surface area contributed by atoms with E-state index in [0.29, 0.717) is 28.4 Å². The first kappa shape index (κ1) is 22.7. The van der Waals surface area contributed by atoms with Gasteiger partial charge in [-0.05, 0) is 49.2 Å². The summed E-state index contributed by atoms with van der Waals surface area (Å²) in [6, 6.07) is 13.3. The minimum Gasteiger partial charge on any atom is -0.497 e. The molecule has 7 nitrogen and oxygen atoms in total. The fourth-order valence-corrected chi connectivity index (χ4v) is 4.69. The standard InChI is InChI=1S/C27H26FN3O4/c1-33-20-14-21(30-27(32)22-8-5-13-35-22)24(23(15-20)34-2)26-25(17-9-11-18(28)12-10-17)29-16-31(26)19-6-3-4-7-19/h5,8-16,19H,3-4,6-7H2,1-2H3,(H,30,32). The van der Waals surface area contributed by atoms with Crippen LogP contribution in [-0.4, -0.2) is 29.7 Å². The number of furan rings is 1. The van der Waals surface area contributed by atoms with Crippen molar-refractivity contribution >= 4 is 11.6 Å². The Morgan fingerprint density at radius 1 is 1.11 bits per heavy atom. The van der Waals surface area contributed by atoms with Gasteiger partial charge in [0.25, 0.3) is 5.91 Å². The highest BCUT2D eigenvalue weighted by Crippen LogP contribution is 2.46. The van der Waals surface area contributed by atoms with Crippen LogP contribution in [0.2, 0.25) is 0 Å². The molecule has 0 saturated heterocycles.